The highest BCUT2D eigenvalue weighted by Crippen LogP contribution is 2.37. The fourth-order valence-corrected chi connectivity index (χ4v) is 2.49. The van der Waals surface area contributed by atoms with Crippen molar-refractivity contribution in [1.82, 2.24) is 0 Å². The van der Waals surface area contributed by atoms with Gasteiger partial charge in [0.1, 0.15) is 0 Å². The number of hydrogen-bond acceptors (Lipinski definition) is 1. The van der Waals surface area contributed by atoms with E-state index in [-0.39, 0.29) is 0 Å². The molecule has 1 atom stereocenters. The minimum atomic E-state index is -4.45. The van der Waals surface area contributed by atoms with Gasteiger partial charge in [0.2, 0.25) is 5.91 Å². The summed E-state index contributed by atoms with van der Waals surface area (Å²) < 4.78 is 39.2. The van der Waals surface area contributed by atoms with Gasteiger partial charge in [-0.1, -0.05) is 48.0 Å². The third-order valence-corrected chi connectivity index (χ3v) is 3.74. The topological polar surface area (TPSA) is 29.1 Å². The summed E-state index contributed by atoms with van der Waals surface area (Å²) in [7, 11) is 0. The average molecular weight is 321 g/mol. The van der Waals surface area contributed by atoms with Gasteiger partial charge in [-0.2, -0.15) is 13.2 Å². The minimum absolute atomic E-state index is 0.350. The lowest BCUT2D eigenvalue weighted by Crippen LogP contribution is -2.41. The molecule has 2 aromatic rings. The zero-order chi connectivity index (χ0) is 17.1. The second-order valence-corrected chi connectivity index (χ2v) is 5.81. The van der Waals surface area contributed by atoms with Crippen LogP contribution in [0.1, 0.15) is 24.5 Å². The van der Waals surface area contributed by atoms with E-state index in [0.29, 0.717) is 11.3 Å². The van der Waals surface area contributed by atoms with Gasteiger partial charge in [-0.05, 0) is 31.5 Å². The summed E-state index contributed by atoms with van der Waals surface area (Å²) >= 11 is 0. The van der Waals surface area contributed by atoms with Crippen molar-refractivity contribution in [3.63, 3.8) is 0 Å². The summed E-state index contributed by atoms with van der Waals surface area (Å²) in [6.07, 6.45) is -5.67. The van der Waals surface area contributed by atoms with Crippen LogP contribution in [0.4, 0.5) is 18.9 Å². The number of rotatable bonds is 4. The highest BCUT2D eigenvalue weighted by Gasteiger charge is 2.45. The van der Waals surface area contributed by atoms with Crippen LogP contribution in [0.25, 0.3) is 0 Å². The molecule has 23 heavy (non-hydrogen) atoms. The minimum Gasteiger partial charge on any atom is -0.325 e. The molecule has 0 saturated carbocycles. The van der Waals surface area contributed by atoms with E-state index in [9.17, 15) is 18.0 Å². The van der Waals surface area contributed by atoms with Crippen LogP contribution in [0.5, 0.6) is 0 Å². The van der Waals surface area contributed by atoms with E-state index in [1.807, 2.05) is 0 Å². The maximum Gasteiger partial charge on any atom is 0.390 e. The van der Waals surface area contributed by atoms with Crippen molar-refractivity contribution in [3.8, 4) is 0 Å². The van der Waals surface area contributed by atoms with Crippen LogP contribution in [0.3, 0.4) is 0 Å². The fraction of sp³-hybridized carbons (Fsp3) is 0.278. The van der Waals surface area contributed by atoms with Crippen LogP contribution >= 0.6 is 0 Å². The number of hydrogen-bond donors (Lipinski definition) is 1. The number of carbonyl (C=O) groups excluding carboxylic acids is 1. The maximum atomic E-state index is 13.1. The smallest absolute Gasteiger partial charge is 0.325 e. The van der Waals surface area contributed by atoms with E-state index in [1.165, 1.54) is 6.92 Å². The highest BCUT2D eigenvalue weighted by molar-refractivity contribution is 5.99. The molecule has 2 aromatic carbocycles. The second kappa shape index (κ2) is 6.44. The van der Waals surface area contributed by atoms with Gasteiger partial charge in [-0.3, -0.25) is 4.79 Å². The van der Waals surface area contributed by atoms with Crippen molar-refractivity contribution < 1.29 is 18.0 Å². The van der Waals surface area contributed by atoms with Crippen molar-refractivity contribution in [1.29, 1.82) is 0 Å². The zero-order valence-corrected chi connectivity index (χ0v) is 12.9. The first kappa shape index (κ1) is 17.1. The van der Waals surface area contributed by atoms with Crippen molar-refractivity contribution in [2.45, 2.75) is 31.9 Å². The molecule has 1 amide bonds. The number of benzene rings is 2. The monoisotopic (exact) mass is 321 g/mol. The van der Waals surface area contributed by atoms with Crippen LogP contribution in [-0.2, 0) is 10.2 Å². The Kier molecular flexibility index (Phi) is 4.78. The van der Waals surface area contributed by atoms with Gasteiger partial charge in [0.25, 0.3) is 0 Å². The Morgan fingerprint density at radius 2 is 1.70 bits per heavy atom. The first-order valence-corrected chi connectivity index (χ1v) is 7.21. The number of para-hydroxylation sites is 1. The number of aryl methyl sites for hydroxylation is 1. The molecule has 5 heteroatoms. The van der Waals surface area contributed by atoms with E-state index < -0.39 is 23.9 Å². The molecule has 2 nitrogen and oxygen atoms in total. The Bertz CT molecular complexity index is 682. The Balaban J connectivity index is 2.39. The molecular formula is C18H18F3NO. The van der Waals surface area contributed by atoms with Gasteiger partial charge in [-0.25, -0.2) is 0 Å². The highest BCUT2D eigenvalue weighted by atomic mass is 19.4. The lowest BCUT2D eigenvalue weighted by Gasteiger charge is -2.30. The molecule has 122 valence electrons. The summed E-state index contributed by atoms with van der Waals surface area (Å²) in [5.74, 6) is -0.674. The summed E-state index contributed by atoms with van der Waals surface area (Å²) in [5.41, 5.74) is -0.0645. The standard InChI is InChI=1S/C18H18F3NO/c1-13-7-6-8-14(11-13)17(2,12-18(19,20)21)16(23)22-15-9-4-3-5-10-15/h3-11H,12H2,1-2H3,(H,22,23). The second-order valence-electron chi connectivity index (χ2n) is 5.81. The van der Waals surface area contributed by atoms with E-state index in [4.69, 9.17) is 0 Å². The van der Waals surface area contributed by atoms with Crippen molar-refractivity contribution in [2.24, 2.45) is 0 Å². The molecule has 2 rings (SSSR count). The van der Waals surface area contributed by atoms with E-state index >= 15 is 0 Å². The Morgan fingerprint density at radius 1 is 1.04 bits per heavy atom. The van der Waals surface area contributed by atoms with Crippen LogP contribution in [-0.4, -0.2) is 12.1 Å². The summed E-state index contributed by atoms with van der Waals surface area (Å²) in [6.45, 7) is 3.11. The van der Waals surface area contributed by atoms with E-state index in [0.717, 1.165) is 5.56 Å². The van der Waals surface area contributed by atoms with Crippen LogP contribution < -0.4 is 5.32 Å². The predicted molar refractivity (Wildman–Crippen MR) is 84.3 cm³/mol. The first-order chi connectivity index (χ1) is 10.7. The molecule has 0 aliphatic carbocycles. The number of alkyl halides is 3. The number of nitrogens with one attached hydrogen (secondary N) is 1. The summed E-state index contributed by atoms with van der Waals surface area (Å²) in [5, 5.41) is 2.58. The molecule has 0 aromatic heterocycles. The molecule has 1 N–H and O–H groups in total. The molecule has 0 aliphatic rings. The lowest BCUT2D eigenvalue weighted by atomic mass is 9.77. The quantitative estimate of drug-likeness (QED) is 0.857. The molecule has 0 fully saturated rings. The van der Waals surface area contributed by atoms with Crippen molar-refractivity contribution >= 4 is 11.6 Å². The fourth-order valence-electron chi connectivity index (χ4n) is 2.49. The van der Waals surface area contributed by atoms with Gasteiger partial charge < -0.3 is 5.32 Å². The SMILES string of the molecule is Cc1cccc(C(C)(CC(F)(F)F)C(=O)Nc2ccccc2)c1. The molecule has 0 aliphatic heterocycles. The third kappa shape index (κ3) is 4.34. The van der Waals surface area contributed by atoms with Crippen LogP contribution in [0.15, 0.2) is 54.6 Å². The zero-order valence-electron chi connectivity index (χ0n) is 12.9. The number of amides is 1. The maximum absolute atomic E-state index is 13.1. The molecule has 0 spiro atoms. The normalized spacial score (nSPS) is 14.1. The van der Waals surface area contributed by atoms with Crippen LogP contribution in [0.2, 0.25) is 0 Å². The first-order valence-electron chi connectivity index (χ1n) is 7.21. The van der Waals surface area contributed by atoms with Gasteiger partial charge in [0.15, 0.2) is 0 Å². The lowest BCUT2D eigenvalue weighted by molar-refractivity contribution is -0.155. The molecule has 0 bridgehead atoms. The van der Waals surface area contributed by atoms with Gasteiger partial charge in [-0.15, -0.1) is 0 Å². The summed E-state index contributed by atoms with van der Waals surface area (Å²) in [4.78, 5) is 12.6. The number of anilines is 1. The summed E-state index contributed by atoms with van der Waals surface area (Å²) in [6, 6.07) is 15.1. The Labute approximate surface area is 133 Å². The molecule has 0 heterocycles. The molecule has 1 unspecified atom stereocenters. The van der Waals surface area contributed by atoms with Crippen LogP contribution in [0, 0.1) is 6.92 Å². The van der Waals surface area contributed by atoms with E-state index in [2.05, 4.69) is 5.32 Å². The Hall–Kier alpha value is -2.30. The third-order valence-electron chi connectivity index (χ3n) is 3.74. The van der Waals surface area contributed by atoms with E-state index in [1.54, 1.807) is 61.5 Å². The van der Waals surface area contributed by atoms with Crippen molar-refractivity contribution in [3.05, 3.63) is 65.7 Å². The predicted octanol–water partition coefficient (Wildman–Crippen LogP) is 4.84. The molecule has 0 radical (unpaired) electrons. The van der Waals surface area contributed by atoms with Gasteiger partial charge in [0, 0.05) is 5.69 Å². The Morgan fingerprint density at radius 3 is 2.26 bits per heavy atom. The van der Waals surface area contributed by atoms with Gasteiger partial charge >= 0.3 is 6.18 Å². The average Bonchev–Trinajstić information content (AvgIpc) is 2.46. The largest absolute Gasteiger partial charge is 0.390 e. The molecule has 0 saturated heterocycles. The number of carbonyl (C=O) groups is 1. The van der Waals surface area contributed by atoms with Gasteiger partial charge in [0.05, 0.1) is 11.8 Å². The van der Waals surface area contributed by atoms with Crippen molar-refractivity contribution in [2.75, 3.05) is 5.32 Å². The molecular weight excluding hydrogens is 303 g/mol. The number of halogens is 3.